The number of carbonyl (C=O) groups excluding carboxylic acids is 1. The molecule has 0 unspecified atom stereocenters. The third-order valence-electron chi connectivity index (χ3n) is 5.42. The van der Waals surface area contributed by atoms with E-state index in [4.69, 9.17) is 11.6 Å². The fraction of sp³-hybridized carbons (Fsp3) is 0.167. The Morgan fingerprint density at radius 2 is 1.75 bits per heavy atom. The molecule has 0 aliphatic rings. The van der Waals surface area contributed by atoms with Crippen molar-refractivity contribution in [2.45, 2.75) is 19.4 Å². The first-order chi connectivity index (χ1) is 15.7. The van der Waals surface area contributed by atoms with Gasteiger partial charge < -0.3 is 5.32 Å². The number of pyridine rings is 1. The lowest BCUT2D eigenvalue weighted by Gasteiger charge is -2.04. The van der Waals surface area contributed by atoms with Gasteiger partial charge in [-0.3, -0.25) is 13.9 Å². The lowest BCUT2D eigenvalue weighted by Crippen LogP contribution is -2.27. The van der Waals surface area contributed by atoms with Gasteiger partial charge in [-0.05, 0) is 42.3 Å². The molecule has 3 aromatic heterocycles. The quantitative estimate of drug-likeness (QED) is 0.412. The van der Waals surface area contributed by atoms with Crippen molar-refractivity contribution in [3.05, 3.63) is 95.0 Å². The average Bonchev–Trinajstić information content (AvgIpc) is 3.40. The summed E-state index contributed by atoms with van der Waals surface area (Å²) >= 11 is 5.98. The molecule has 0 saturated carbocycles. The van der Waals surface area contributed by atoms with Crippen LogP contribution in [0.2, 0.25) is 5.02 Å². The van der Waals surface area contributed by atoms with Crippen LogP contribution < -0.4 is 5.32 Å². The van der Waals surface area contributed by atoms with E-state index >= 15 is 0 Å². The molecule has 5 aromatic rings. The number of rotatable bonds is 7. The van der Waals surface area contributed by atoms with Gasteiger partial charge in [0, 0.05) is 36.1 Å². The summed E-state index contributed by atoms with van der Waals surface area (Å²) in [4.78, 5) is 12.9. The number of hydrogen-bond donors (Lipinski definition) is 1. The van der Waals surface area contributed by atoms with Crippen molar-refractivity contribution in [3.8, 4) is 0 Å². The number of benzene rings is 2. The van der Waals surface area contributed by atoms with Crippen LogP contribution in [0.5, 0.6) is 0 Å². The zero-order chi connectivity index (χ0) is 21.9. The Morgan fingerprint density at radius 1 is 0.938 bits per heavy atom. The van der Waals surface area contributed by atoms with Gasteiger partial charge in [0.25, 0.3) is 5.91 Å². The maximum Gasteiger partial charge on any atom is 0.272 e. The van der Waals surface area contributed by atoms with Crippen LogP contribution in [-0.2, 0) is 19.4 Å². The van der Waals surface area contributed by atoms with E-state index in [9.17, 15) is 4.79 Å². The highest BCUT2D eigenvalue weighted by Crippen LogP contribution is 2.19. The average molecular weight is 445 g/mol. The lowest BCUT2D eigenvalue weighted by atomic mass is 10.1. The van der Waals surface area contributed by atoms with E-state index in [-0.39, 0.29) is 5.91 Å². The van der Waals surface area contributed by atoms with Crippen molar-refractivity contribution < 1.29 is 4.79 Å². The van der Waals surface area contributed by atoms with Crippen molar-refractivity contribution >= 4 is 34.1 Å². The summed E-state index contributed by atoms with van der Waals surface area (Å²) in [6, 6.07) is 21.3. The van der Waals surface area contributed by atoms with Gasteiger partial charge >= 0.3 is 0 Å². The number of nitrogens with one attached hydrogen (secondary N) is 1. The minimum absolute atomic E-state index is 0.194. The largest absolute Gasteiger partial charge is 0.350 e. The molecule has 0 radical (unpaired) electrons. The highest BCUT2D eigenvalue weighted by molar-refractivity contribution is 6.30. The van der Waals surface area contributed by atoms with E-state index in [0.717, 1.165) is 33.8 Å². The molecule has 0 fully saturated rings. The van der Waals surface area contributed by atoms with Crippen molar-refractivity contribution in [3.63, 3.8) is 0 Å². The summed E-state index contributed by atoms with van der Waals surface area (Å²) in [7, 11) is 0. The molecule has 32 heavy (non-hydrogen) atoms. The Morgan fingerprint density at radius 3 is 2.62 bits per heavy atom. The van der Waals surface area contributed by atoms with Crippen LogP contribution >= 0.6 is 11.6 Å². The molecule has 8 heteroatoms. The zero-order valence-corrected chi connectivity index (χ0v) is 18.0. The second-order valence-corrected chi connectivity index (χ2v) is 7.95. The molecular weight excluding hydrogens is 424 g/mol. The van der Waals surface area contributed by atoms with Gasteiger partial charge in [-0.25, -0.2) is 0 Å². The Balaban J connectivity index is 1.29. The van der Waals surface area contributed by atoms with Gasteiger partial charge in [0.05, 0.1) is 5.52 Å². The molecule has 3 heterocycles. The van der Waals surface area contributed by atoms with Crippen LogP contribution in [0.15, 0.2) is 72.9 Å². The Hall–Kier alpha value is -3.71. The number of nitrogens with zero attached hydrogens (tertiary/aromatic N) is 5. The zero-order valence-electron chi connectivity index (χ0n) is 17.3. The minimum Gasteiger partial charge on any atom is -0.350 e. The fourth-order valence-corrected chi connectivity index (χ4v) is 3.91. The van der Waals surface area contributed by atoms with Crippen molar-refractivity contribution in [2.75, 3.05) is 6.54 Å². The van der Waals surface area contributed by atoms with Gasteiger partial charge in [-0.1, -0.05) is 48.0 Å². The summed E-state index contributed by atoms with van der Waals surface area (Å²) in [5.41, 5.74) is 3.33. The van der Waals surface area contributed by atoms with Gasteiger partial charge in [0.15, 0.2) is 11.3 Å². The molecule has 2 aromatic carbocycles. The number of hydrogen-bond acceptors (Lipinski definition) is 4. The standard InChI is InChI=1S/C24H21ClN6O/c25-18-10-8-17(9-11-18)13-16-31-20-6-2-1-5-19(20)23(29-31)24(32)26-14-12-22-28-27-21-7-3-4-15-30(21)22/h1-11,15H,12-14,16H2,(H,26,32). The van der Waals surface area contributed by atoms with Gasteiger partial charge in [-0.2, -0.15) is 5.10 Å². The second kappa shape index (κ2) is 8.80. The van der Waals surface area contributed by atoms with Gasteiger partial charge in [0.2, 0.25) is 0 Å². The molecule has 0 aliphatic carbocycles. The van der Waals surface area contributed by atoms with Crippen molar-refractivity contribution in [1.82, 2.24) is 29.7 Å². The number of halogens is 1. The number of amides is 1. The Bertz CT molecular complexity index is 1390. The van der Waals surface area contributed by atoms with Crippen LogP contribution in [0.4, 0.5) is 0 Å². The highest BCUT2D eigenvalue weighted by Gasteiger charge is 2.17. The molecule has 0 atom stereocenters. The van der Waals surface area contributed by atoms with Gasteiger partial charge in [-0.15, -0.1) is 10.2 Å². The molecule has 0 spiro atoms. The first kappa shape index (κ1) is 20.2. The number of aromatic nitrogens is 5. The van der Waals surface area contributed by atoms with Crippen molar-refractivity contribution in [1.29, 1.82) is 0 Å². The number of para-hydroxylation sites is 1. The predicted molar refractivity (Wildman–Crippen MR) is 124 cm³/mol. The number of carbonyl (C=O) groups is 1. The van der Waals surface area contributed by atoms with E-state index in [1.165, 1.54) is 5.56 Å². The van der Waals surface area contributed by atoms with Crippen LogP contribution in [-0.4, -0.2) is 36.8 Å². The minimum atomic E-state index is -0.194. The molecule has 1 N–H and O–H groups in total. The molecule has 1 amide bonds. The summed E-state index contributed by atoms with van der Waals surface area (Å²) in [6.07, 6.45) is 3.29. The SMILES string of the molecule is O=C(NCCc1nnc2ccccn12)c1nn(CCc2ccc(Cl)cc2)c2ccccc12. The summed E-state index contributed by atoms with van der Waals surface area (Å²) in [5.74, 6) is 0.611. The Labute approximate surface area is 189 Å². The maximum atomic E-state index is 12.9. The summed E-state index contributed by atoms with van der Waals surface area (Å²) < 4.78 is 3.82. The fourth-order valence-electron chi connectivity index (χ4n) is 3.78. The Kier molecular flexibility index (Phi) is 5.56. The maximum absolute atomic E-state index is 12.9. The van der Waals surface area contributed by atoms with Crippen molar-refractivity contribution in [2.24, 2.45) is 0 Å². The molecule has 7 nitrogen and oxygen atoms in total. The van der Waals surface area contributed by atoms with Gasteiger partial charge in [0.1, 0.15) is 5.82 Å². The van der Waals surface area contributed by atoms with E-state index in [1.54, 1.807) is 0 Å². The lowest BCUT2D eigenvalue weighted by molar-refractivity contribution is 0.0949. The van der Waals surface area contributed by atoms with Crippen LogP contribution in [0.25, 0.3) is 16.6 Å². The summed E-state index contributed by atoms with van der Waals surface area (Å²) in [6.45, 7) is 1.11. The smallest absolute Gasteiger partial charge is 0.272 e. The topological polar surface area (TPSA) is 77.1 Å². The monoisotopic (exact) mass is 444 g/mol. The molecule has 5 rings (SSSR count). The normalized spacial score (nSPS) is 11.3. The molecule has 160 valence electrons. The van der Waals surface area contributed by atoms with E-state index in [2.05, 4.69) is 20.6 Å². The van der Waals surface area contributed by atoms with Crippen LogP contribution in [0.1, 0.15) is 21.9 Å². The second-order valence-electron chi connectivity index (χ2n) is 7.52. The summed E-state index contributed by atoms with van der Waals surface area (Å²) in [5, 5.41) is 17.5. The first-order valence-electron chi connectivity index (χ1n) is 10.5. The third kappa shape index (κ3) is 4.07. The van der Waals surface area contributed by atoms with Crippen LogP contribution in [0.3, 0.4) is 0 Å². The highest BCUT2D eigenvalue weighted by atomic mass is 35.5. The molecule has 0 bridgehead atoms. The van der Waals surface area contributed by atoms with E-state index in [1.807, 2.05) is 82.0 Å². The molecular formula is C24H21ClN6O. The molecule has 0 saturated heterocycles. The number of fused-ring (bicyclic) bond motifs is 2. The first-order valence-corrected chi connectivity index (χ1v) is 10.8. The third-order valence-corrected chi connectivity index (χ3v) is 5.67. The molecule has 0 aliphatic heterocycles. The predicted octanol–water partition coefficient (Wildman–Crippen LogP) is 3.95. The number of aryl methyl sites for hydroxylation is 2. The van der Waals surface area contributed by atoms with Crippen LogP contribution in [0, 0.1) is 0 Å². The van der Waals surface area contributed by atoms with E-state index < -0.39 is 0 Å². The van der Waals surface area contributed by atoms with E-state index in [0.29, 0.717) is 25.2 Å².